The zero-order valence-electron chi connectivity index (χ0n) is 11.8. The second kappa shape index (κ2) is 5.74. The molecular formula is C17H17FO3. The van der Waals surface area contributed by atoms with Gasteiger partial charge in [0, 0.05) is 18.1 Å². The summed E-state index contributed by atoms with van der Waals surface area (Å²) in [6, 6.07) is 12.4. The number of benzene rings is 2. The Kier molecular flexibility index (Phi) is 3.80. The molecule has 0 fully saturated rings. The summed E-state index contributed by atoms with van der Waals surface area (Å²) in [6.45, 7) is 1.89. The van der Waals surface area contributed by atoms with Gasteiger partial charge >= 0.3 is 0 Å². The molecule has 1 unspecified atom stereocenters. The lowest BCUT2D eigenvalue weighted by molar-refractivity contribution is 0.148. The van der Waals surface area contributed by atoms with Crippen molar-refractivity contribution in [1.82, 2.24) is 0 Å². The number of halogens is 1. The van der Waals surface area contributed by atoms with Crippen molar-refractivity contribution in [3.8, 4) is 11.5 Å². The summed E-state index contributed by atoms with van der Waals surface area (Å²) in [6.07, 6.45) is -0.0849. The molecule has 3 rings (SSSR count). The topological polar surface area (TPSA) is 38.7 Å². The molecule has 1 heterocycles. The van der Waals surface area contributed by atoms with Crippen LogP contribution in [0.2, 0.25) is 0 Å². The molecule has 21 heavy (non-hydrogen) atoms. The van der Waals surface area contributed by atoms with Crippen molar-refractivity contribution >= 4 is 0 Å². The van der Waals surface area contributed by atoms with Gasteiger partial charge in [0.1, 0.15) is 30.0 Å². The van der Waals surface area contributed by atoms with Crippen LogP contribution in [0.4, 0.5) is 4.39 Å². The Morgan fingerprint density at radius 2 is 2.14 bits per heavy atom. The highest BCUT2D eigenvalue weighted by Gasteiger charge is 2.23. The molecule has 1 aliphatic rings. The van der Waals surface area contributed by atoms with Gasteiger partial charge in [-0.05, 0) is 30.7 Å². The maximum absolute atomic E-state index is 13.7. The molecule has 2 atom stereocenters. The summed E-state index contributed by atoms with van der Waals surface area (Å²) in [4.78, 5) is 0. The smallest absolute Gasteiger partial charge is 0.137 e. The first-order valence-corrected chi connectivity index (χ1v) is 6.98. The van der Waals surface area contributed by atoms with Crippen LogP contribution in [-0.4, -0.2) is 17.8 Å². The van der Waals surface area contributed by atoms with E-state index in [-0.39, 0.29) is 11.7 Å². The van der Waals surface area contributed by atoms with Crippen molar-refractivity contribution in [2.24, 2.45) is 0 Å². The normalized spacial score (nSPS) is 18.0. The van der Waals surface area contributed by atoms with E-state index in [0.29, 0.717) is 12.4 Å². The van der Waals surface area contributed by atoms with Crippen molar-refractivity contribution < 1.29 is 19.0 Å². The van der Waals surface area contributed by atoms with Gasteiger partial charge in [-0.15, -0.1) is 0 Å². The Labute approximate surface area is 122 Å². The van der Waals surface area contributed by atoms with E-state index >= 15 is 0 Å². The molecule has 0 aromatic heterocycles. The number of fused-ring (bicyclic) bond motifs is 1. The molecule has 0 bridgehead atoms. The highest BCUT2D eigenvalue weighted by Crippen LogP contribution is 2.29. The highest BCUT2D eigenvalue weighted by atomic mass is 19.1. The van der Waals surface area contributed by atoms with Gasteiger partial charge in [0.15, 0.2) is 0 Å². The molecule has 0 saturated carbocycles. The first-order chi connectivity index (χ1) is 10.1. The third kappa shape index (κ3) is 3.00. The summed E-state index contributed by atoms with van der Waals surface area (Å²) in [5, 5.41) is 9.40. The van der Waals surface area contributed by atoms with Gasteiger partial charge in [-0.1, -0.05) is 18.2 Å². The predicted octanol–water partition coefficient (Wildman–Crippen LogP) is 3.26. The number of rotatable bonds is 4. The van der Waals surface area contributed by atoms with Crippen molar-refractivity contribution in [1.29, 1.82) is 0 Å². The molecule has 1 N–H and O–H groups in total. The lowest BCUT2D eigenvalue weighted by Crippen LogP contribution is -2.22. The molecule has 0 amide bonds. The van der Waals surface area contributed by atoms with E-state index in [1.54, 1.807) is 12.1 Å². The van der Waals surface area contributed by atoms with Crippen LogP contribution in [0.1, 0.15) is 24.2 Å². The lowest BCUT2D eigenvalue weighted by atomic mass is 10.1. The van der Waals surface area contributed by atoms with Crippen LogP contribution in [0.5, 0.6) is 11.5 Å². The number of aliphatic hydroxyl groups is 1. The van der Waals surface area contributed by atoms with E-state index in [0.717, 1.165) is 12.2 Å². The Morgan fingerprint density at radius 3 is 2.86 bits per heavy atom. The molecule has 0 aliphatic carbocycles. The Morgan fingerprint density at radius 1 is 1.33 bits per heavy atom. The number of hydrogen-bond acceptors (Lipinski definition) is 3. The van der Waals surface area contributed by atoms with Gasteiger partial charge in [-0.3, -0.25) is 0 Å². The molecule has 110 valence electrons. The first-order valence-electron chi connectivity index (χ1n) is 6.98. The Balaban J connectivity index is 1.61. The fourth-order valence-corrected chi connectivity index (χ4v) is 2.47. The highest BCUT2D eigenvalue weighted by molar-refractivity contribution is 5.37. The third-order valence-corrected chi connectivity index (χ3v) is 3.57. The van der Waals surface area contributed by atoms with E-state index in [9.17, 15) is 9.50 Å². The van der Waals surface area contributed by atoms with Crippen LogP contribution in [0.3, 0.4) is 0 Å². The summed E-state index contributed by atoms with van der Waals surface area (Å²) in [5.41, 5.74) is 1.44. The fraction of sp³-hybridized carbons (Fsp3) is 0.294. The maximum Gasteiger partial charge on any atom is 0.137 e. The van der Waals surface area contributed by atoms with Gasteiger partial charge in [-0.25, -0.2) is 4.39 Å². The van der Waals surface area contributed by atoms with Crippen LogP contribution in [0.15, 0.2) is 42.5 Å². The minimum atomic E-state index is -0.827. The Hall–Kier alpha value is -2.07. The van der Waals surface area contributed by atoms with Gasteiger partial charge in [0.05, 0.1) is 6.10 Å². The molecule has 3 nitrogen and oxygen atoms in total. The average Bonchev–Trinajstić information content (AvgIpc) is 2.87. The van der Waals surface area contributed by atoms with Crippen LogP contribution in [-0.2, 0) is 6.42 Å². The first kappa shape index (κ1) is 13.9. The van der Waals surface area contributed by atoms with Crippen LogP contribution in [0.25, 0.3) is 0 Å². The van der Waals surface area contributed by atoms with Gasteiger partial charge in [-0.2, -0.15) is 0 Å². The fourth-order valence-electron chi connectivity index (χ4n) is 2.47. The molecular weight excluding hydrogens is 271 g/mol. The minimum Gasteiger partial charge on any atom is -0.490 e. The van der Waals surface area contributed by atoms with Crippen LogP contribution in [0, 0.1) is 5.82 Å². The summed E-state index contributed by atoms with van der Waals surface area (Å²) in [5.74, 6) is 0.872. The lowest BCUT2D eigenvalue weighted by Gasteiger charge is -2.13. The SMILES string of the molecule is C[C@H](O)c1ccc(OCC2Cc3ccccc3O2)cc1F. The van der Waals surface area contributed by atoms with Crippen molar-refractivity contribution in [3.05, 3.63) is 59.4 Å². The zero-order chi connectivity index (χ0) is 14.8. The van der Waals surface area contributed by atoms with Crippen molar-refractivity contribution in [2.45, 2.75) is 25.6 Å². The van der Waals surface area contributed by atoms with Crippen molar-refractivity contribution in [2.75, 3.05) is 6.61 Å². The van der Waals surface area contributed by atoms with Crippen molar-refractivity contribution in [3.63, 3.8) is 0 Å². The van der Waals surface area contributed by atoms with E-state index in [1.165, 1.54) is 18.6 Å². The predicted molar refractivity (Wildman–Crippen MR) is 77.1 cm³/mol. The van der Waals surface area contributed by atoms with Crippen LogP contribution < -0.4 is 9.47 Å². The molecule has 2 aromatic rings. The largest absolute Gasteiger partial charge is 0.490 e. The maximum atomic E-state index is 13.7. The standard InChI is InChI=1S/C17H17FO3/c1-11(19)15-7-6-13(9-16(15)18)20-10-14-8-12-4-2-3-5-17(12)21-14/h2-7,9,11,14,19H,8,10H2,1H3/t11-,14?/m0/s1. The second-order valence-corrected chi connectivity index (χ2v) is 5.22. The number of ether oxygens (including phenoxy) is 2. The monoisotopic (exact) mass is 288 g/mol. The van der Waals surface area contributed by atoms with E-state index in [2.05, 4.69) is 0 Å². The quantitative estimate of drug-likeness (QED) is 0.938. The summed E-state index contributed by atoms with van der Waals surface area (Å²) >= 11 is 0. The average molecular weight is 288 g/mol. The molecule has 0 spiro atoms. The third-order valence-electron chi connectivity index (χ3n) is 3.57. The number of hydrogen-bond donors (Lipinski definition) is 1. The van der Waals surface area contributed by atoms with E-state index < -0.39 is 11.9 Å². The molecule has 0 saturated heterocycles. The summed E-state index contributed by atoms with van der Waals surface area (Å²) < 4.78 is 25.1. The number of para-hydroxylation sites is 1. The zero-order valence-corrected chi connectivity index (χ0v) is 11.8. The van der Waals surface area contributed by atoms with Gasteiger partial charge < -0.3 is 14.6 Å². The van der Waals surface area contributed by atoms with E-state index in [1.807, 2.05) is 24.3 Å². The Bertz CT molecular complexity index is 615. The van der Waals surface area contributed by atoms with Gasteiger partial charge in [0.2, 0.25) is 0 Å². The molecule has 4 heteroatoms. The molecule has 0 radical (unpaired) electrons. The van der Waals surface area contributed by atoms with E-state index in [4.69, 9.17) is 9.47 Å². The molecule has 1 aliphatic heterocycles. The summed E-state index contributed by atoms with van der Waals surface area (Å²) in [7, 11) is 0. The number of aliphatic hydroxyl groups excluding tert-OH is 1. The second-order valence-electron chi connectivity index (χ2n) is 5.22. The minimum absolute atomic E-state index is 0.0538. The van der Waals surface area contributed by atoms with Crippen LogP contribution >= 0.6 is 0 Å². The van der Waals surface area contributed by atoms with Gasteiger partial charge in [0.25, 0.3) is 0 Å². The molecule has 2 aromatic carbocycles.